The summed E-state index contributed by atoms with van der Waals surface area (Å²) in [7, 11) is -1.37. The van der Waals surface area contributed by atoms with E-state index in [9.17, 15) is 13.8 Å². The molecule has 0 saturated heterocycles. The van der Waals surface area contributed by atoms with Crippen LogP contribution in [0, 0.1) is 0 Å². The average molecular weight is 453 g/mol. The van der Waals surface area contributed by atoms with Crippen LogP contribution in [0.2, 0.25) is 0 Å². The monoisotopic (exact) mass is 452 g/mol. The van der Waals surface area contributed by atoms with Gasteiger partial charge >= 0.3 is 0 Å². The molecule has 4 aromatic rings. The molecule has 5 nitrogen and oxygen atoms in total. The number of amides is 2. The van der Waals surface area contributed by atoms with E-state index in [1.54, 1.807) is 60.7 Å². The van der Waals surface area contributed by atoms with Crippen molar-refractivity contribution in [3.05, 3.63) is 93.3 Å². The Morgan fingerprint density at radius 2 is 1.03 bits per heavy atom. The molecule has 2 heterocycles. The maximum Gasteiger partial charge on any atom is 0.265 e. The highest BCUT2D eigenvalue weighted by molar-refractivity contribution is 7.85. The Bertz CT molecular complexity index is 1070. The number of thiophene rings is 2. The zero-order valence-electron chi connectivity index (χ0n) is 15.5. The van der Waals surface area contributed by atoms with Crippen molar-refractivity contribution >= 4 is 56.7 Å². The third-order valence-corrected chi connectivity index (χ3v) is 7.28. The molecule has 0 aliphatic rings. The highest BCUT2D eigenvalue weighted by atomic mass is 32.2. The molecular weight excluding hydrogens is 436 g/mol. The molecule has 0 aliphatic heterocycles. The predicted octanol–water partition coefficient (Wildman–Crippen LogP) is 5.48. The molecule has 0 spiro atoms. The van der Waals surface area contributed by atoms with Crippen LogP contribution in [-0.4, -0.2) is 16.0 Å². The van der Waals surface area contributed by atoms with Crippen LogP contribution in [0.3, 0.4) is 0 Å². The topological polar surface area (TPSA) is 75.3 Å². The van der Waals surface area contributed by atoms with Crippen molar-refractivity contribution in [3.63, 3.8) is 0 Å². The number of nitrogens with one attached hydrogen (secondary N) is 2. The van der Waals surface area contributed by atoms with Crippen molar-refractivity contribution in [2.24, 2.45) is 0 Å². The molecule has 0 fully saturated rings. The number of carbonyl (C=O) groups is 2. The molecule has 2 aromatic heterocycles. The fourth-order valence-corrected chi connectivity index (χ4v) is 4.94. The minimum Gasteiger partial charge on any atom is -0.321 e. The molecule has 0 saturated carbocycles. The maximum absolute atomic E-state index is 12.8. The lowest BCUT2D eigenvalue weighted by Crippen LogP contribution is -2.10. The highest BCUT2D eigenvalue weighted by Gasteiger charge is 2.11. The summed E-state index contributed by atoms with van der Waals surface area (Å²) in [6, 6.07) is 21.0. The minimum absolute atomic E-state index is 0.168. The molecule has 8 heteroatoms. The summed E-state index contributed by atoms with van der Waals surface area (Å²) in [5.41, 5.74) is 1.28. The second-order valence-electron chi connectivity index (χ2n) is 6.18. The molecule has 2 aromatic carbocycles. The zero-order valence-corrected chi connectivity index (χ0v) is 18.0. The van der Waals surface area contributed by atoms with Crippen molar-refractivity contribution in [3.8, 4) is 0 Å². The summed E-state index contributed by atoms with van der Waals surface area (Å²) in [5, 5.41) is 9.34. The van der Waals surface area contributed by atoms with Crippen molar-refractivity contribution in [1.82, 2.24) is 0 Å². The SMILES string of the molecule is O=C(Nc1ccc(S(=O)c2ccc(NC(=O)c3cccs3)cc2)cc1)c1cccs1. The Hall–Kier alpha value is -3.07. The normalized spacial score (nSPS) is 10.7. The molecule has 4 rings (SSSR count). The van der Waals surface area contributed by atoms with Crippen molar-refractivity contribution < 1.29 is 13.8 Å². The number of hydrogen-bond donors (Lipinski definition) is 2. The van der Waals surface area contributed by atoms with Gasteiger partial charge in [0.25, 0.3) is 11.8 Å². The van der Waals surface area contributed by atoms with Crippen LogP contribution in [0.5, 0.6) is 0 Å². The van der Waals surface area contributed by atoms with Crippen LogP contribution in [0.25, 0.3) is 0 Å². The lowest BCUT2D eigenvalue weighted by Gasteiger charge is -2.07. The number of carbonyl (C=O) groups excluding carboxylic acids is 2. The highest BCUT2D eigenvalue weighted by Crippen LogP contribution is 2.22. The van der Waals surface area contributed by atoms with E-state index < -0.39 is 10.8 Å². The number of rotatable bonds is 6. The summed E-state index contributed by atoms with van der Waals surface area (Å²) in [6.07, 6.45) is 0. The summed E-state index contributed by atoms with van der Waals surface area (Å²) in [4.78, 5) is 26.7. The fourth-order valence-electron chi connectivity index (χ4n) is 2.66. The van der Waals surface area contributed by atoms with Gasteiger partial charge in [-0.15, -0.1) is 22.7 Å². The molecule has 0 bridgehead atoms. The van der Waals surface area contributed by atoms with E-state index in [2.05, 4.69) is 10.6 Å². The van der Waals surface area contributed by atoms with Gasteiger partial charge in [0.2, 0.25) is 0 Å². The second-order valence-corrected chi connectivity index (χ2v) is 9.56. The van der Waals surface area contributed by atoms with Crippen LogP contribution in [0.15, 0.2) is 93.3 Å². The second kappa shape index (κ2) is 9.17. The molecule has 2 amide bonds. The Kier molecular flexibility index (Phi) is 6.18. The third kappa shape index (κ3) is 4.73. The van der Waals surface area contributed by atoms with Gasteiger partial charge in [-0.2, -0.15) is 0 Å². The fraction of sp³-hybridized carbons (Fsp3) is 0. The van der Waals surface area contributed by atoms with Crippen LogP contribution in [-0.2, 0) is 10.8 Å². The number of hydrogen-bond acceptors (Lipinski definition) is 5. The van der Waals surface area contributed by atoms with Gasteiger partial charge in [-0.1, -0.05) is 12.1 Å². The minimum atomic E-state index is -1.37. The van der Waals surface area contributed by atoms with Crippen LogP contribution >= 0.6 is 22.7 Å². The van der Waals surface area contributed by atoms with Crippen molar-refractivity contribution in [2.75, 3.05) is 10.6 Å². The lowest BCUT2D eigenvalue weighted by molar-refractivity contribution is 0.102. The summed E-state index contributed by atoms with van der Waals surface area (Å²) < 4.78 is 12.8. The van der Waals surface area contributed by atoms with Gasteiger partial charge in [-0.25, -0.2) is 4.21 Å². The van der Waals surface area contributed by atoms with Gasteiger partial charge < -0.3 is 10.6 Å². The van der Waals surface area contributed by atoms with E-state index in [4.69, 9.17) is 0 Å². The largest absolute Gasteiger partial charge is 0.321 e. The average Bonchev–Trinajstić information content (AvgIpc) is 3.49. The summed E-state index contributed by atoms with van der Waals surface area (Å²) >= 11 is 2.75. The van der Waals surface area contributed by atoms with Crippen LogP contribution in [0.4, 0.5) is 11.4 Å². The van der Waals surface area contributed by atoms with Gasteiger partial charge in [-0.3, -0.25) is 9.59 Å². The first-order chi connectivity index (χ1) is 14.6. The first kappa shape index (κ1) is 20.2. The van der Waals surface area contributed by atoms with Crippen LogP contribution in [0.1, 0.15) is 19.3 Å². The first-order valence-corrected chi connectivity index (χ1v) is 11.8. The van der Waals surface area contributed by atoms with Gasteiger partial charge in [-0.05, 0) is 71.4 Å². The van der Waals surface area contributed by atoms with Crippen LogP contribution < -0.4 is 10.6 Å². The van der Waals surface area contributed by atoms with E-state index in [1.807, 2.05) is 22.9 Å². The molecule has 0 unspecified atom stereocenters. The molecule has 150 valence electrons. The number of anilines is 2. The van der Waals surface area contributed by atoms with Gasteiger partial charge in [0, 0.05) is 21.2 Å². The molecular formula is C22H16N2O3S3. The Labute approximate surface area is 183 Å². The van der Waals surface area contributed by atoms with Crippen molar-refractivity contribution in [1.29, 1.82) is 0 Å². The smallest absolute Gasteiger partial charge is 0.265 e. The quantitative estimate of drug-likeness (QED) is 0.407. The van der Waals surface area contributed by atoms with E-state index in [-0.39, 0.29) is 11.8 Å². The van der Waals surface area contributed by atoms with E-state index in [1.165, 1.54) is 22.7 Å². The molecule has 0 radical (unpaired) electrons. The Morgan fingerprint density at radius 3 is 1.37 bits per heavy atom. The molecule has 0 aliphatic carbocycles. The lowest BCUT2D eigenvalue weighted by atomic mass is 10.3. The van der Waals surface area contributed by atoms with Gasteiger partial charge in [0.15, 0.2) is 0 Å². The molecule has 0 atom stereocenters. The van der Waals surface area contributed by atoms with E-state index in [0.717, 1.165) is 0 Å². The molecule has 30 heavy (non-hydrogen) atoms. The van der Waals surface area contributed by atoms with Crippen molar-refractivity contribution in [2.45, 2.75) is 9.79 Å². The Morgan fingerprint density at radius 1 is 0.633 bits per heavy atom. The zero-order chi connectivity index (χ0) is 20.9. The van der Waals surface area contributed by atoms with E-state index >= 15 is 0 Å². The molecule has 2 N–H and O–H groups in total. The number of benzene rings is 2. The van der Waals surface area contributed by atoms with Gasteiger partial charge in [0.05, 0.1) is 20.6 Å². The standard InChI is InChI=1S/C22H16N2O3S3/c25-21(19-3-1-13-28-19)23-15-5-9-17(10-6-15)30(27)18-11-7-16(8-12-18)24-22(26)20-4-2-14-29-20/h1-14H,(H,23,25)(H,24,26). The first-order valence-electron chi connectivity index (χ1n) is 8.92. The predicted molar refractivity (Wildman–Crippen MR) is 122 cm³/mol. The summed E-state index contributed by atoms with van der Waals surface area (Å²) in [5.74, 6) is -0.335. The van der Waals surface area contributed by atoms with E-state index in [0.29, 0.717) is 30.9 Å². The third-order valence-electron chi connectivity index (χ3n) is 4.14. The van der Waals surface area contributed by atoms with Gasteiger partial charge in [0.1, 0.15) is 0 Å². The Balaban J connectivity index is 1.40. The summed E-state index contributed by atoms with van der Waals surface area (Å²) in [6.45, 7) is 0. The maximum atomic E-state index is 12.8.